The zero-order valence-electron chi connectivity index (χ0n) is 21.8. The number of halogens is 5. The summed E-state index contributed by atoms with van der Waals surface area (Å²) < 4.78 is 80.2. The average Bonchev–Trinajstić information content (AvgIpc) is 2.89. The first kappa shape index (κ1) is 36.5. The normalized spacial score (nSPS) is 11.3. The molecule has 0 aliphatic heterocycles. The van der Waals surface area contributed by atoms with Crippen LogP contribution in [0.4, 0.5) is 16.2 Å². The van der Waals surface area contributed by atoms with Crippen LogP contribution in [0.3, 0.4) is 0 Å². The van der Waals surface area contributed by atoms with Crippen LogP contribution in [-0.4, -0.2) is 32.0 Å². The summed E-state index contributed by atoms with van der Waals surface area (Å²) in [5.74, 6) is -0.451. The molecule has 226 valence electrons. The van der Waals surface area contributed by atoms with Crippen LogP contribution in [-0.2, 0) is 20.2 Å². The van der Waals surface area contributed by atoms with E-state index in [-0.39, 0.29) is 62.6 Å². The summed E-state index contributed by atoms with van der Waals surface area (Å²) in [5, 5.41) is 3.99. The number of anilines is 2. The molecule has 4 aromatic carbocycles. The molecule has 0 aliphatic rings. The van der Waals surface area contributed by atoms with Crippen molar-refractivity contribution < 1.29 is 69.8 Å². The van der Waals surface area contributed by atoms with Gasteiger partial charge in [-0.3, -0.25) is 9.11 Å². The van der Waals surface area contributed by atoms with Crippen molar-refractivity contribution >= 4 is 95.6 Å². The van der Waals surface area contributed by atoms with Gasteiger partial charge in [0.15, 0.2) is 11.5 Å². The number of benzene rings is 4. The van der Waals surface area contributed by atoms with E-state index in [2.05, 4.69) is 10.6 Å². The molecular formula is C25H15Cl5N2NaO9S2+. The third-order valence-electron chi connectivity index (χ3n) is 5.30. The summed E-state index contributed by atoms with van der Waals surface area (Å²) in [6.45, 7) is 0. The minimum atomic E-state index is -5.10. The number of hydrogen-bond acceptors (Lipinski definition) is 7. The molecule has 0 saturated heterocycles. The first-order valence-corrected chi connectivity index (χ1v) is 16.1. The topological polar surface area (TPSA) is 168 Å². The molecule has 19 heteroatoms. The number of urea groups is 1. The summed E-state index contributed by atoms with van der Waals surface area (Å²) in [4.78, 5) is 11.4. The summed E-state index contributed by atoms with van der Waals surface area (Å²) >= 11 is 29.9. The second-order valence-electron chi connectivity index (χ2n) is 8.26. The summed E-state index contributed by atoms with van der Waals surface area (Å²) in [6, 6.07) is 13.1. The molecule has 0 heterocycles. The molecule has 0 atom stereocenters. The number of hydrogen-bond donors (Lipinski definition) is 4. The Morgan fingerprint density at radius 3 is 1.43 bits per heavy atom. The molecule has 0 aliphatic carbocycles. The van der Waals surface area contributed by atoms with Crippen molar-refractivity contribution in [1.29, 1.82) is 0 Å². The molecule has 4 aromatic rings. The zero-order chi connectivity index (χ0) is 31.7. The van der Waals surface area contributed by atoms with Crippen LogP contribution in [0.2, 0.25) is 25.1 Å². The Kier molecular flexibility index (Phi) is 12.1. The fourth-order valence-corrected chi connectivity index (χ4v) is 6.31. The number of carbonyl (C=O) groups is 1. The monoisotopic (exact) mass is 749 g/mol. The van der Waals surface area contributed by atoms with Crippen molar-refractivity contribution in [2.24, 2.45) is 0 Å². The average molecular weight is 752 g/mol. The quantitative estimate of drug-likeness (QED) is 0.131. The molecule has 0 saturated carbocycles. The predicted octanol–water partition coefficient (Wildman–Crippen LogP) is 5.68. The molecular weight excluding hydrogens is 737 g/mol. The van der Waals surface area contributed by atoms with Gasteiger partial charge >= 0.3 is 35.6 Å². The molecule has 4 rings (SSSR count). The molecule has 0 aromatic heterocycles. The third-order valence-corrected chi connectivity index (χ3v) is 9.02. The standard InChI is InChI=1S/C25H15Cl5N2O9S2.Na/c26-12-1-3-13(4-2-12)40-19-9-7-16(28)23(42(34,35)36)21(19)31-25(33)32-22-20(10-8-17(29)24(22)43(37,38)39)41-14-5-6-15(27)18(30)11-14;/h1-11H,(H2,31,32,33)(H,34,35,36)(H,37,38,39);/q;+1. The number of nitrogens with one attached hydrogen (secondary N) is 2. The first-order valence-electron chi connectivity index (χ1n) is 11.3. The Bertz CT molecular complexity index is 1960. The number of amides is 2. The molecule has 0 spiro atoms. The van der Waals surface area contributed by atoms with Crippen LogP contribution in [0, 0.1) is 0 Å². The molecule has 0 radical (unpaired) electrons. The van der Waals surface area contributed by atoms with Crippen molar-refractivity contribution in [3.63, 3.8) is 0 Å². The van der Waals surface area contributed by atoms with E-state index in [9.17, 15) is 30.7 Å². The summed E-state index contributed by atoms with van der Waals surface area (Å²) in [5.41, 5.74) is -1.29. The van der Waals surface area contributed by atoms with Gasteiger partial charge in [0.05, 0.1) is 20.1 Å². The molecule has 4 N–H and O–H groups in total. The summed E-state index contributed by atoms with van der Waals surface area (Å²) in [7, 11) is -10.2. The van der Waals surface area contributed by atoms with Gasteiger partial charge in [-0.1, -0.05) is 58.0 Å². The van der Waals surface area contributed by atoms with Gasteiger partial charge in [-0.05, 0) is 60.7 Å². The number of carbonyl (C=O) groups excluding carboxylic acids is 1. The van der Waals surface area contributed by atoms with E-state index >= 15 is 0 Å². The van der Waals surface area contributed by atoms with E-state index in [1.807, 2.05) is 0 Å². The van der Waals surface area contributed by atoms with E-state index in [0.29, 0.717) is 5.02 Å². The zero-order valence-corrected chi connectivity index (χ0v) is 29.2. The maximum Gasteiger partial charge on any atom is 1.00 e. The van der Waals surface area contributed by atoms with Gasteiger partial charge in [0.25, 0.3) is 20.2 Å². The van der Waals surface area contributed by atoms with Gasteiger partial charge < -0.3 is 20.1 Å². The Morgan fingerprint density at radius 2 is 1.00 bits per heavy atom. The molecule has 2 amide bonds. The van der Waals surface area contributed by atoms with Crippen LogP contribution in [0.25, 0.3) is 0 Å². The smallest absolute Gasteiger partial charge is 0.455 e. The van der Waals surface area contributed by atoms with Gasteiger partial charge in [-0.2, -0.15) is 16.8 Å². The van der Waals surface area contributed by atoms with Crippen molar-refractivity contribution in [2.75, 3.05) is 10.6 Å². The molecule has 44 heavy (non-hydrogen) atoms. The Balaban J connectivity index is 0.00000529. The van der Waals surface area contributed by atoms with Gasteiger partial charge in [-0.15, -0.1) is 0 Å². The second kappa shape index (κ2) is 14.6. The van der Waals surface area contributed by atoms with E-state index in [1.165, 1.54) is 54.6 Å². The maximum atomic E-state index is 13.3. The fourth-order valence-electron chi connectivity index (χ4n) is 3.54. The van der Waals surface area contributed by atoms with E-state index in [4.69, 9.17) is 67.5 Å². The third kappa shape index (κ3) is 8.84. The Morgan fingerprint density at radius 1 is 0.591 bits per heavy atom. The molecule has 0 bridgehead atoms. The Labute approximate surface area is 298 Å². The predicted molar refractivity (Wildman–Crippen MR) is 163 cm³/mol. The number of ether oxygens (including phenoxy) is 2. The SMILES string of the molecule is O=C(Nc1c(Oc2ccc(Cl)cc2)ccc(Cl)c1S(=O)(=O)O)Nc1c(Oc2ccc(Cl)c(Cl)c2)ccc(Cl)c1S(=O)(=O)O.[Na+]. The van der Waals surface area contributed by atoms with E-state index < -0.39 is 57.5 Å². The Hall–Kier alpha value is -1.98. The maximum absolute atomic E-state index is 13.3. The fraction of sp³-hybridized carbons (Fsp3) is 0. The van der Waals surface area contributed by atoms with Crippen molar-refractivity contribution in [1.82, 2.24) is 0 Å². The van der Waals surface area contributed by atoms with Gasteiger partial charge in [0.1, 0.15) is 32.7 Å². The van der Waals surface area contributed by atoms with Gasteiger partial charge in [-0.25, -0.2) is 4.79 Å². The molecule has 0 unspecified atom stereocenters. The first-order chi connectivity index (χ1) is 20.0. The van der Waals surface area contributed by atoms with Crippen LogP contribution in [0.5, 0.6) is 23.0 Å². The van der Waals surface area contributed by atoms with Gasteiger partial charge in [0.2, 0.25) is 0 Å². The van der Waals surface area contributed by atoms with Crippen molar-refractivity contribution in [3.8, 4) is 23.0 Å². The van der Waals surface area contributed by atoms with Crippen LogP contribution >= 0.6 is 58.0 Å². The van der Waals surface area contributed by atoms with Crippen LogP contribution in [0.15, 0.2) is 76.5 Å². The van der Waals surface area contributed by atoms with Crippen molar-refractivity contribution in [3.05, 3.63) is 91.8 Å². The largest absolute Gasteiger partial charge is 1.00 e. The number of rotatable bonds is 8. The molecule has 11 nitrogen and oxygen atoms in total. The minimum absolute atomic E-state index is 0. The van der Waals surface area contributed by atoms with Crippen molar-refractivity contribution in [2.45, 2.75) is 9.79 Å². The van der Waals surface area contributed by atoms with E-state index in [0.717, 1.165) is 12.1 Å². The van der Waals surface area contributed by atoms with Gasteiger partial charge in [0, 0.05) is 11.1 Å². The van der Waals surface area contributed by atoms with Crippen LogP contribution in [0.1, 0.15) is 0 Å². The van der Waals surface area contributed by atoms with Crippen LogP contribution < -0.4 is 49.7 Å². The second-order valence-corrected chi connectivity index (χ2v) is 13.0. The summed E-state index contributed by atoms with van der Waals surface area (Å²) in [6.07, 6.45) is 0. The molecule has 0 fully saturated rings. The minimum Gasteiger partial charge on any atom is -0.455 e. The van der Waals surface area contributed by atoms with E-state index in [1.54, 1.807) is 0 Å².